The number of aromatic nitrogens is 2. The standard InChI is InChI=1S/C7H6F4N2O/c1-3-12-5(8)4(7(9,10)11)6(13-3)14-2/h1-2H3. The second-order valence-electron chi connectivity index (χ2n) is 2.44. The molecule has 0 amide bonds. The van der Waals surface area contributed by atoms with E-state index in [-0.39, 0.29) is 5.82 Å². The molecule has 0 aromatic carbocycles. The third kappa shape index (κ3) is 1.91. The summed E-state index contributed by atoms with van der Waals surface area (Å²) in [6.45, 7) is 1.27. The molecule has 0 atom stereocenters. The topological polar surface area (TPSA) is 35.0 Å². The number of ether oxygens (including phenoxy) is 1. The van der Waals surface area contributed by atoms with E-state index in [1.54, 1.807) is 0 Å². The van der Waals surface area contributed by atoms with Crippen LogP contribution in [0.25, 0.3) is 0 Å². The fraction of sp³-hybridized carbons (Fsp3) is 0.429. The smallest absolute Gasteiger partial charge is 0.426 e. The molecule has 1 aromatic rings. The van der Waals surface area contributed by atoms with Crippen LogP contribution >= 0.6 is 0 Å². The van der Waals surface area contributed by atoms with Crippen molar-refractivity contribution in [1.29, 1.82) is 0 Å². The molecule has 0 aliphatic carbocycles. The lowest BCUT2D eigenvalue weighted by Gasteiger charge is -2.11. The lowest BCUT2D eigenvalue weighted by Crippen LogP contribution is -2.14. The SMILES string of the molecule is COc1nc(C)nc(F)c1C(F)(F)F. The second-order valence-corrected chi connectivity index (χ2v) is 2.44. The van der Waals surface area contributed by atoms with Gasteiger partial charge in [0, 0.05) is 0 Å². The van der Waals surface area contributed by atoms with Crippen LogP contribution in [0.1, 0.15) is 11.4 Å². The molecular weight excluding hydrogens is 204 g/mol. The summed E-state index contributed by atoms with van der Waals surface area (Å²) in [4.78, 5) is 6.30. The Morgan fingerprint density at radius 1 is 1.21 bits per heavy atom. The third-order valence-electron chi connectivity index (χ3n) is 1.42. The van der Waals surface area contributed by atoms with Crippen LogP contribution in [0.5, 0.6) is 5.88 Å². The van der Waals surface area contributed by atoms with Gasteiger partial charge in [-0.25, -0.2) is 4.98 Å². The van der Waals surface area contributed by atoms with E-state index in [1.165, 1.54) is 6.92 Å². The number of rotatable bonds is 1. The van der Waals surface area contributed by atoms with Gasteiger partial charge in [0.05, 0.1) is 7.11 Å². The first kappa shape index (κ1) is 10.7. The molecular formula is C7H6F4N2O. The largest absolute Gasteiger partial charge is 0.480 e. The molecule has 7 heteroatoms. The molecule has 3 nitrogen and oxygen atoms in total. The Hall–Kier alpha value is -1.40. The van der Waals surface area contributed by atoms with Crippen molar-refractivity contribution in [3.05, 3.63) is 17.3 Å². The predicted octanol–water partition coefficient (Wildman–Crippen LogP) is 1.95. The Balaban J connectivity index is 3.40. The van der Waals surface area contributed by atoms with Crippen molar-refractivity contribution in [3.63, 3.8) is 0 Å². The first-order chi connectivity index (χ1) is 6.36. The highest BCUT2D eigenvalue weighted by atomic mass is 19.4. The Morgan fingerprint density at radius 2 is 1.79 bits per heavy atom. The Bertz CT molecular complexity index is 350. The first-order valence-corrected chi connectivity index (χ1v) is 3.51. The number of halogens is 4. The number of aryl methyl sites for hydroxylation is 1. The average Bonchev–Trinajstić information content (AvgIpc) is 1.99. The predicted molar refractivity (Wildman–Crippen MR) is 38.3 cm³/mol. The Kier molecular flexibility index (Phi) is 2.59. The number of alkyl halides is 3. The van der Waals surface area contributed by atoms with Gasteiger partial charge in [0.1, 0.15) is 5.82 Å². The number of hydrogen-bond acceptors (Lipinski definition) is 3. The molecule has 0 radical (unpaired) electrons. The van der Waals surface area contributed by atoms with Gasteiger partial charge in [-0.3, -0.25) is 0 Å². The van der Waals surface area contributed by atoms with Crippen LogP contribution in [0.4, 0.5) is 17.6 Å². The molecule has 1 heterocycles. The lowest BCUT2D eigenvalue weighted by atomic mass is 10.3. The zero-order valence-electron chi connectivity index (χ0n) is 7.31. The van der Waals surface area contributed by atoms with Crippen LogP contribution in [0.3, 0.4) is 0 Å². The second kappa shape index (κ2) is 3.39. The first-order valence-electron chi connectivity index (χ1n) is 3.51. The van der Waals surface area contributed by atoms with Gasteiger partial charge in [-0.2, -0.15) is 22.5 Å². The van der Waals surface area contributed by atoms with Crippen molar-refractivity contribution in [2.75, 3.05) is 7.11 Å². The number of nitrogens with zero attached hydrogens (tertiary/aromatic N) is 2. The van der Waals surface area contributed by atoms with Gasteiger partial charge in [0.25, 0.3) is 0 Å². The van der Waals surface area contributed by atoms with Crippen LogP contribution < -0.4 is 4.74 Å². The Labute approximate surface area is 76.7 Å². The molecule has 0 unspecified atom stereocenters. The molecule has 1 rings (SSSR count). The Morgan fingerprint density at radius 3 is 2.21 bits per heavy atom. The maximum absolute atomic E-state index is 12.8. The van der Waals surface area contributed by atoms with Crippen molar-refractivity contribution in [2.24, 2.45) is 0 Å². The fourth-order valence-corrected chi connectivity index (χ4v) is 0.900. The summed E-state index contributed by atoms with van der Waals surface area (Å²) in [6, 6.07) is 0. The van der Waals surface area contributed by atoms with E-state index in [0.29, 0.717) is 0 Å². The van der Waals surface area contributed by atoms with E-state index < -0.39 is 23.6 Å². The van der Waals surface area contributed by atoms with E-state index in [1.807, 2.05) is 0 Å². The van der Waals surface area contributed by atoms with Gasteiger partial charge in [0.2, 0.25) is 11.8 Å². The van der Waals surface area contributed by atoms with Crippen LogP contribution in [0, 0.1) is 12.9 Å². The fourth-order valence-electron chi connectivity index (χ4n) is 0.900. The zero-order valence-corrected chi connectivity index (χ0v) is 7.31. The average molecular weight is 210 g/mol. The summed E-state index contributed by atoms with van der Waals surface area (Å²) in [5, 5.41) is 0. The van der Waals surface area contributed by atoms with Gasteiger partial charge >= 0.3 is 6.18 Å². The highest BCUT2D eigenvalue weighted by molar-refractivity contribution is 5.27. The van der Waals surface area contributed by atoms with Gasteiger partial charge in [0.15, 0.2) is 5.56 Å². The molecule has 1 aromatic heterocycles. The lowest BCUT2D eigenvalue weighted by molar-refractivity contribution is -0.142. The van der Waals surface area contributed by atoms with Gasteiger partial charge in [-0.15, -0.1) is 0 Å². The maximum Gasteiger partial charge on any atom is 0.426 e. The van der Waals surface area contributed by atoms with E-state index in [9.17, 15) is 17.6 Å². The molecule has 0 N–H and O–H groups in total. The molecule has 0 bridgehead atoms. The van der Waals surface area contributed by atoms with Crippen molar-refractivity contribution >= 4 is 0 Å². The van der Waals surface area contributed by atoms with Crippen molar-refractivity contribution in [3.8, 4) is 5.88 Å². The van der Waals surface area contributed by atoms with Gasteiger partial charge in [-0.1, -0.05) is 0 Å². The minimum absolute atomic E-state index is 0.118. The third-order valence-corrected chi connectivity index (χ3v) is 1.42. The quantitative estimate of drug-likeness (QED) is 0.525. The summed E-state index contributed by atoms with van der Waals surface area (Å²) in [5.74, 6) is -2.54. The highest BCUT2D eigenvalue weighted by Crippen LogP contribution is 2.36. The molecule has 0 aliphatic heterocycles. The summed E-state index contributed by atoms with van der Waals surface area (Å²) >= 11 is 0. The molecule has 0 spiro atoms. The molecule has 0 fully saturated rings. The minimum Gasteiger partial charge on any atom is -0.480 e. The van der Waals surface area contributed by atoms with Crippen LogP contribution in [0.15, 0.2) is 0 Å². The van der Waals surface area contributed by atoms with E-state index >= 15 is 0 Å². The van der Waals surface area contributed by atoms with Crippen molar-refractivity contribution < 1.29 is 22.3 Å². The number of hydrogen-bond donors (Lipinski definition) is 0. The molecule has 14 heavy (non-hydrogen) atoms. The normalized spacial score (nSPS) is 11.6. The van der Waals surface area contributed by atoms with E-state index in [0.717, 1.165) is 7.11 Å². The summed E-state index contributed by atoms with van der Waals surface area (Å²) in [5.41, 5.74) is -1.58. The van der Waals surface area contributed by atoms with Crippen molar-refractivity contribution in [2.45, 2.75) is 13.1 Å². The highest BCUT2D eigenvalue weighted by Gasteiger charge is 2.40. The van der Waals surface area contributed by atoms with Gasteiger partial charge in [-0.05, 0) is 6.92 Å². The molecule has 78 valence electrons. The summed E-state index contributed by atoms with van der Waals surface area (Å²) in [7, 11) is 0.983. The summed E-state index contributed by atoms with van der Waals surface area (Å²) < 4.78 is 53.8. The van der Waals surface area contributed by atoms with Crippen LogP contribution in [0.2, 0.25) is 0 Å². The van der Waals surface area contributed by atoms with E-state index in [2.05, 4.69) is 14.7 Å². The molecule has 0 aliphatic rings. The monoisotopic (exact) mass is 210 g/mol. The summed E-state index contributed by atoms with van der Waals surface area (Å²) in [6.07, 6.45) is -4.86. The molecule has 0 saturated carbocycles. The van der Waals surface area contributed by atoms with Crippen LogP contribution in [-0.2, 0) is 6.18 Å². The number of methoxy groups -OCH3 is 1. The van der Waals surface area contributed by atoms with E-state index in [4.69, 9.17) is 0 Å². The zero-order chi connectivity index (χ0) is 10.9. The van der Waals surface area contributed by atoms with Crippen molar-refractivity contribution in [1.82, 2.24) is 9.97 Å². The van der Waals surface area contributed by atoms with Gasteiger partial charge < -0.3 is 4.74 Å². The van der Waals surface area contributed by atoms with Crippen LogP contribution in [-0.4, -0.2) is 17.1 Å². The molecule has 0 saturated heterocycles. The minimum atomic E-state index is -4.86. The maximum atomic E-state index is 12.8.